The molecule has 0 aliphatic carbocycles. The average Bonchev–Trinajstić information content (AvgIpc) is 3.40. The van der Waals surface area contributed by atoms with Crippen LogP contribution in [-0.4, -0.2) is 90.7 Å². The summed E-state index contributed by atoms with van der Waals surface area (Å²) in [5.74, 6) is 0.421. The summed E-state index contributed by atoms with van der Waals surface area (Å²) < 4.78 is 28.0. The van der Waals surface area contributed by atoms with E-state index in [0.717, 1.165) is 6.54 Å². The molecule has 3 aliphatic rings. The zero-order chi connectivity index (χ0) is 21.6. The van der Waals surface area contributed by atoms with Crippen LogP contribution in [0.3, 0.4) is 0 Å². The molecule has 4 unspecified atom stereocenters. The van der Waals surface area contributed by atoms with Gasteiger partial charge in [-0.05, 0) is 33.1 Å². The average molecular weight is 430 g/mol. The van der Waals surface area contributed by atoms with Crippen LogP contribution >= 0.6 is 0 Å². The maximum Gasteiger partial charge on any atom is 0.279 e. The third-order valence-corrected chi connectivity index (χ3v) is 7.45. The minimum absolute atomic E-state index is 0.0505. The summed E-state index contributed by atoms with van der Waals surface area (Å²) in [6.07, 6.45) is 1.22. The molecular weight excluding hydrogens is 394 g/mol. The summed E-state index contributed by atoms with van der Waals surface area (Å²) >= 11 is 0. The number of carbonyl (C=O) groups excluding carboxylic acids is 2. The maximum atomic E-state index is 12.5. The van der Waals surface area contributed by atoms with Crippen LogP contribution < -0.4 is 10.0 Å². The van der Waals surface area contributed by atoms with Crippen LogP contribution in [0.4, 0.5) is 0 Å². The van der Waals surface area contributed by atoms with Crippen molar-refractivity contribution in [1.82, 2.24) is 24.1 Å². The minimum Gasteiger partial charge on any atom is -0.348 e. The smallest absolute Gasteiger partial charge is 0.279 e. The van der Waals surface area contributed by atoms with E-state index in [4.69, 9.17) is 0 Å². The number of nitrogens with one attached hydrogen (secondary N) is 2. The van der Waals surface area contributed by atoms with Gasteiger partial charge in [0, 0.05) is 44.7 Å². The van der Waals surface area contributed by atoms with Gasteiger partial charge in [-0.15, -0.1) is 0 Å². The molecule has 3 fully saturated rings. The highest BCUT2D eigenvalue weighted by atomic mass is 32.2. The van der Waals surface area contributed by atoms with Gasteiger partial charge in [0.2, 0.25) is 11.8 Å². The molecule has 10 heteroatoms. The molecule has 2 N–H and O–H groups in total. The number of hydrogen-bond donors (Lipinski definition) is 2. The van der Waals surface area contributed by atoms with Gasteiger partial charge in [0.15, 0.2) is 0 Å². The van der Waals surface area contributed by atoms with Crippen molar-refractivity contribution < 1.29 is 18.0 Å². The fourth-order valence-electron chi connectivity index (χ4n) is 3.87. The Kier molecular flexibility index (Phi) is 6.29. The molecule has 3 heterocycles. The zero-order valence-corrected chi connectivity index (χ0v) is 19.0. The first-order valence-electron chi connectivity index (χ1n) is 10.5. The van der Waals surface area contributed by atoms with Gasteiger partial charge in [0.05, 0.1) is 18.1 Å². The molecule has 0 saturated carbocycles. The van der Waals surface area contributed by atoms with Gasteiger partial charge in [-0.1, -0.05) is 13.8 Å². The van der Waals surface area contributed by atoms with Crippen molar-refractivity contribution in [2.45, 2.75) is 71.1 Å². The summed E-state index contributed by atoms with van der Waals surface area (Å²) in [5.41, 5.74) is -0.461. The van der Waals surface area contributed by atoms with Gasteiger partial charge in [0.25, 0.3) is 10.2 Å². The molecular formula is C19H35N5O4S. The Balaban J connectivity index is 1.37. The molecule has 0 bridgehead atoms. The van der Waals surface area contributed by atoms with E-state index in [-0.39, 0.29) is 29.9 Å². The number of nitrogens with zero attached hydrogens (tertiary/aromatic N) is 3. The van der Waals surface area contributed by atoms with Crippen LogP contribution in [0.2, 0.25) is 0 Å². The maximum absolute atomic E-state index is 12.5. The lowest BCUT2D eigenvalue weighted by Crippen LogP contribution is -2.51. The first-order valence-corrected chi connectivity index (χ1v) is 11.9. The monoisotopic (exact) mass is 429 g/mol. The predicted octanol–water partition coefficient (Wildman–Crippen LogP) is -0.249. The summed E-state index contributed by atoms with van der Waals surface area (Å²) in [6, 6.07) is 0.109. The predicted molar refractivity (Wildman–Crippen MR) is 110 cm³/mol. The lowest BCUT2D eigenvalue weighted by atomic mass is 10.0. The quantitative estimate of drug-likeness (QED) is 0.441. The summed E-state index contributed by atoms with van der Waals surface area (Å²) in [6.45, 7) is 12.8. The molecule has 166 valence electrons. The van der Waals surface area contributed by atoms with Crippen LogP contribution in [-0.2, 0) is 19.8 Å². The molecule has 2 amide bonds. The molecule has 9 nitrogen and oxygen atoms in total. The van der Waals surface area contributed by atoms with E-state index in [1.54, 1.807) is 0 Å². The van der Waals surface area contributed by atoms with Crippen LogP contribution in [0.1, 0.15) is 47.5 Å². The standard InChI is InChI=1S/C19H35N5O4S/c1-13(2)8-18(26)24-11-16(24)19(4,5)20-17(25)12-22-10-15(22)9-14(3)21-29(27,28)23-6-7-23/h13-16,21H,6-12H2,1-5H3,(H,20,25). The Hall–Kier alpha value is -1.23. The molecule has 3 aliphatic heterocycles. The van der Waals surface area contributed by atoms with E-state index >= 15 is 0 Å². The van der Waals surface area contributed by atoms with Gasteiger partial charge in [-0.3, -0.25) is 14.5 Å². The van der Waals surface area contributed by atoms with Crippen molar-refractivity contribution >= 4 is 22.0 Å². The summed E-state index contributed by atoms with van der Waals surface area (Å²) in [4.78, 5) is 28.6. The second-order valence-electron chi connectivity index (χ2n) is 9.67. The Labute approximate surface area is 174 Å². The van der Waals surface area contributed by atoms with Gasteiger partial charge in [-0.2, -0.15) is 17.4 Å². The van der Waals surface area contributed by atoms with E-state index in [9.17, 15) is 18.0 Å². The number of carbonyl (C=O) groups is 2. The normalized spacial score (nSPS) is 27.7. The van der Waals surface area contributed by atoms with Gasteiger partial charge in [0.1, 0.15) is 0 Å². The SMILES string of the molecule is CC(C)CC(=O)N1CC1C(C)(C)NC(=O)CN1CC1CC(C)NS(=O)(=O)N1CC1. The van der Waals surface area contributed by atoms with Crippen molar-refractivity contribution in [3.05, 3.63) is 0 Å². The fourth-order valence-corrected chi connectivity index (χ4v) is 5.19. The minimum atomic E-state index is -3.34. The Morgan fingerprint density at radius 2 is 1.79 bits per heavy atom. The molecule has 0 aromatic heterocycles. The van der Waals surface area contributed by atoms with E-state index < -0.39 is 15.7 Å². The third-order valence-electron chi connectivity index (χ3n) is 5.71. The van der Waals surface area contributed by atoms with Crippen LogP contribution in [0, 0.1) is 5.92 Å². The van der Waals surface area contributed by atoms with E-state index in [0.29, 0.717) is 44.9 Å². The Bertz CT molecular complexity index is 750. The molecule has 0 spiro atoms. The number of hydrogen-bond acceptors (Lipinski definition) is 5. The topological polar surface area (TPSA) is 101 Å². The van der Waals surface area contributed by atoms with Crippen molar-refractivity contribution in [1.29, 1.82) is 0 Å². The highest BCUT2D eigenvalue weighted by Gasteiger charge is 2.49. The molecule has 0 aromatic rings. The van der Waals surface area contributed by atoms with Gasteiger partial charge >= 0.3 is 0 Å². The Morgan fingerprint density at radius 1 is 1.14 bits per heavy atom. The van der Waals surface area contributed by atoms with Crippen molar-refractivity contribution in [2.75, 3.05) is 32.7 Å². The molecule has 3 saturated heterocycles. The summed E-state index contributed by atoms with van der Waals surface area (Å²) in [7, 11) is -3.34. The highest BCUT2D eigenvalue weighted by molar-refractivity contribution is 7.87. The first kappa shape index (κ1) is 22.5. The lowest BCUT2D eigenvalue weighted by Gasteiger charge is -2.26. The van der Waals surface area contributed by atoms with Gasteiger partial charge in [-0.25, -0.2) is 0 Å². The van der Waals surface area contributed by atoms with Crippen LogP contribution in [0.25, 0.3) is 0 Å². The highest BCUT2D eigenvalue weighted by Crippen LogP contribution is 2.30. The molecule has 3 rings (SSSR count). The van der Waals surface area contributed by atoms with E-state index in [1.165, 1.54) is 4.31 Å². The molecule has 4 atom stereocenters. The van der Waals surface area contributed by atoms with E-state index in [1.807, 2.05) is 44.4 Å². The van der Waals surface area contributed by atoms with Crippen LogP contribution in [0.15, 0.2) is 0 Å². The molecule has 29 heavy (non-hydrogen) atoms. The second-order valence-corrected chi connectivity index (χ2v) is 11.4. The second kappa shape index (κ2) is 8.13. The zero-order valence-electron chi connectivity index (χ0n) is 18.1. The largest absolute Gasteiger partial charge is 0.348 e. The van der Waals surface area contributed by atoms with Crippen molar-refractivity contribution in [3.63, 3.8) is 0 Å². The lowest BCUT2D eigenvalue weighted by molar-refractivity contribution is -0.128. The third kappa shape index (κ3) is 6.13. The van der Waals surface area contributed by atoms with Crippen LogP contribution in [0.5, 0.6) is 0 Å². The van der Waals surface area contributed by atoms with Crippen molar-refractivity contribution in [3.8, 4) is 0 Å². The fraction of sp³-hybridized carbons (Fsp3) is 0.895. The number of amides is 2. The van der Waals surface area contributed by atoms with Crippen molar-refractivity contribution in [2.24, 2.45) is 5.92 Å². The number of rotatable bonds is 11. The molecule has 0 aromatic carbocycles. The first-order chi connectivity index (χ1) is 13.4. The van der Waals surface area contributed by atoms with Gasteiger partial charge < -0.3 is 10.2 Å². The summed E-state index contributed by atoms with van der Waals surface area (Å²) in [5, 5.41) is 3.07. The Morgan fingerprint density at radius 3 is 2.38 bits per heavy atom. The van der Waals surface area contributed by atoms with E-state index in [2.05, 4.69) is 10.0 Å². The molecule has 0 radical (unpaired) electrons.